The molecule has 0 fully saturated rings. The topological polar surface area (TPSA) is 57.4 Å². The van der Waals surface area contributed by atoms with E-state index in [1.807, 2.05) is 30.3 Å². The van der Waals surface area contributed by atoms with E-state index in [-0.39, 0.29) is 0 Å². The van der Waals surface area contributed by atoms with E-state index in [4.69, 9.17) is 12.2 Å². The van der Waals surface area contributed by atoms with Crippen molar-refractivity contribution in [1.29, 1.82) is 0 Å². The summed E-state index contributed by atoms with van der Waals surface area (Å²) in [6, 6.07) is 10.1. The molecule has 3 rings (SSSR count). The van der Waals surface area contributed by atoms with Crippen LogP contribution in [0.25, 0.3) is 21.3 Å². The highest BCUT2D eigenvalue weighted by Gasteiger charge is 2.08. The molecule has 2 heterocycles. The van der Waals surface area contributed by atoms with Gasteiger partial charge in [0.15, 0.2) is 5.82 Å². The molecule has 2 N–H and O–H groups in total. The Bertz CT molecular complexity index is 681. The lowest BCUT2D eigenvalue weighted by atomic mass is 10.2. The lowest BCUT2D eigenvalue weighted by Gasteiger charge is -1.92. The zero-order valence-corrected chi connectivity index (χ0v) is 10.3. The molecule has 17 heavy (non-hydrogen) atoms. The molecule has 0 bridgehead atoms. The molecule has 6 heteroatoms. The number of hydrogen-bond donors (Lipinski definition) is 2. The lowest BCUT2D eigenvalue weighted by Crippen LogP contribution is -1.73. The molecular formula is C11H8N4S2. The van der Waals surface area contributed by atoms with Crippen molar-refractivity contribution in [3.8, 4) is 21.3 Å². The van der Waals surface area contributed by atoms with E-state index in [1.165, 1.54) is 0 Å². The first-order valence-electron chi connectivity index (χ1n) is 4.99. The molecule has 0 radical (unpaired) electrons. The summed E-state index contributed by atoms with van der Waals surface area (Å²) in [6.45, 7) is 0. The third-order valence-corrected chi connectivity index (χ3v) is 3.51. The fourth-order valence-electron chi connectivity index (χ4n) is 1.48. The summed E-state index contributed by atoms with van der Waals surface area (Å²) in [6.07, 6.45) is 1.80. The van der Waals surface area contributed by atoms with Crippen LogP contribution in [0.5, 0.6) is 0 Å². The highest BCUT2D eigenvalue weighted by molar-refractivity contribution is 7.71. The van der Waals surface area contributed by atoms with Crippen molar-refractivity contribution in [3.05, 3.63) is 41.3 Å². The number of thiazole rings is 1. The van der Waals surface area contributed by atoms with Crippen molar-refractivity contribution >= 4 is 23.6 Å². The minimum absolute atomic E-state index is 0.453. The van der Waals surface area contributed by atoms with E-state index >= 15 is 0 Å². The van der Waals surface area contributed by atoms with Crippen molar-refractivity contribution in [2.24, 2.45) is 0 Å². The zero-order valence-electron chi connectivity index (χ0n) is 8.68. The second-order valence-electron chi connectivity index (χ2n) is 3.41. The third-order valence-electron chi connectivity index (χ3n) is 2.26. The molecule has 0 aliphatic heterocycles. The van der Waals surface area contributed by atoms with Gasteiger partial charge < -0.3 is 0 Å². The molecule has 0 unspecified atom stereocenters. The number of benzene rings is 1. The number of rotatable bonds is 2. The van der Waals surface area contributed by atoms with E-state index in [0.29, 0.717) is 4.77 Å². The van der Waals surface area contributed by atoms with Crippen LogP contribution >= 0.6 is 23.6 Å². The van der Waals surface area contributed by atoms with Gasteiger partial charge >= 0.3 is 0 Å². The molecule has 1 aromatic carbocycles. The largest absolute Gasteiger partial charge is 0.281 e. The first kappa shape index (κ1) is 10.4. The number of nitrogens with one attached hydrogen (secondary N) is 2. The Morgan fingerprint density at radius 2 is 1.94 bits per heavy atom. The van der Waals surface area contributed by atoms with Crippen LogP contribution in [0.3, 0.4) is 0 Å². The average Bonchev–Trinajstić information content (AvgIpc) is 2.98. The molecule has 0 aliphatic carbocycles. The molecule has 84 valence electrons. The van der Waals surface area contributed by atoms with Crippen LogP contribution in [-0.2, 0) is 0 Å². The average molecular weight is 260 g/mol. The highest BCUT2D eigenvalue weighted by Crippen LogP contribution is 2.29. The fraction of sp³-hybridized carbons (Fsp3) is 0. The molecule has 2 aromatic heterocycles. The van der Waals surface area contributed by atoms with Crippen molar-refractivity contribution in [1.82, 2.24) is 20.2 Å². The smallest absolute Gasteiger partial charge is 0.213 e. The van der Waals surface area contributed by atoms with Gasteiger partial charge in [-0.1, -0.05) is 30.3 Å². The number of aromatic nitrogens is 4. The summed E-state index contributed by atoms with van der Waals surface area (Å²) in [5, 5.41) is 6.67. The molecular weight excluding hydrogens is 252 g/mol. The summed E-state index contributed by atoms with van der Waals surface area (Å²) < 4.78 is 0.453. The van der Waals surface area contributed by atoms with Crippen molar-refractivity contribution in [3.63, 3.8) is 0 Å². The van der Waals surface area contributed by atoms with E-state index in [1.54, 1.807) is 17.5 Å². The summed E-state index contributed by atoms with van der Waals surface area (Å²) in [4.78, 5) is 9.51. The maximum atomic E-state index is 4.92. The zero-order chi connectivity index (χ0) is 11.7. The van der Waals surface area contributed by atoms with Crippen molar-refractivity contribution in [2.45, 2.75) is 0 Å². The van der Waals surface area contributed by atoms with Gasteiger partial charge in [0, 0.05) is 11.8 Å². The summed E-state index contributed by atoms with van der Waals surface area (Å²) in [5.74, 6) is 0.731. The van der Waals surface area contributed by atoms with Crippen LogP contribution < -0.4 is 0 Å². The van der Waals surface area contributed by atoms with Gasteiger partial charge in [0.05, 0.1) is 4.88 Å². The molecule has 4 nitrogen and oxygen atoms in total. The van der Waals surface area contributed by atoms with Gasteiger partial charge in [-0.2, -0.15) is 4.98 Å². The Morgan fingerprint density at radius 1 is 1.12 bits per heavy atom. The quantitative estimate of drug-likeness (QED) is 0.695. The molecule has 0 amide bonds. The van der Waals surface area contributed by atoms with E-state index < -0.39 is 0 Å². The van der Waals surface area contributed by atoms with Gasteiger partial charge in [0.2, 0.25) is 4.77 Å². The van der Waals surface area contributed by atoms with Gasteiger partial charge in [-0.15, -0.1) is 11.3 Å². The molecule has 0 spiro atoms. The Hall–Kier alpha value is -1.79. The van der Waals surface area contributed by atoms with Crippen LogP contribution in [-0.4, -0.2) is 20.2 Å². The number of nitrogens with zero attached hydrogens (tertiary/aromatic N) is 2. The maximum absolute atomic E-state index is 4.92. The minimum Gasteiger partial charge on any atom is -0.281 e. The van der Waals surface area contributed by atoms with Crippen LogP contribution in [0, 0.1) is 4.77 Å². The standard InChI is InChI=1S/C11H8N4S2/c16-11-13-9(14-15-11)8-6-12-10(17-8)7-4-2-1-3-5-7/h1-6H,(H2,13,14,15,16). The van der Waals surface area contributed by atoms with Crippen molar-refractivity contribution in [2.75, 3.05) is 0 Å². The van der Waals surface area contributed by atoms with Gasteiger partial charge in [0.1, 0.15) is 5.01 Å². The molecule has 0 saturated heterocycles. The number of aromatic amines is 2. The number of H-pyrrole nitrogens is 2. The fourth-order valence-corrected chi connectivity index (χ4v) is 2.49. The van der Waals surface area contributed by atoms with Gasteiger partial charge in [-0.05, 0) is 12.2 Å². The van der Waals surface area contributed by atoms with Gasteiger partial charge in [0.25, 0.3) is 0 Å². The first-order chi connectivity index (χ1) is 8.33. The lowest BCUT2D eigenvalue weighted by molar-refractivity contribution is 1.08. The van der Waals surface area contributed by atoms with E-state index in [2.05, 4.69) is 20.2 Å². The second kappa shape index (κ2) is 4.23. The molecule has 0 atom stereocenters. The molecule has 0 saturated carbocycles. The maximum Gasteiger partial charge on any atom is 0.213 e. The van der Waals surface area contributed by atoms with Gasteiger partial charge in [-0.25, -0.2) is 4.98 Å². The summed E-state index contributed by atoms with van der Waals surface area (Å²) >= 11 is 6.50. The normalized spacial score (nSPS) is 10.6. The Kier molecular flexibility index (Phi) is 2.58. The van der Waals surface area contributed by atoms with E-state index in [9.17, 15) is 0 Å². The Labute approximate surface area is 106 Å². The van der Waals surface area contributed by atoms with Crippen LogP contribution in [0.2, 0.25) is 0 Å². The van der Waals surface area contributed by atoms with Gasteiger partial charge in [-0.3, -0.25) is 10.2 Å². The molecule has 0 aliphatic rings. The summed E-state index contributed by atoms with van der Waals surface area (Å²) in [5.41, 5.74) is 1.11. The SMILES string of the molecule is S=c1nc(-c2cnc(-c3ccccc3)s2)[nH][nH]1. The Morgan fingerprint density at radius 3 is 2.65 bits per heavy atom. The highest BCUT2D eigenvalue weighted by atomic mass is 32.1. The predicted molar refractivity (Wildman–Crippen MR) is 70.3 cm³/mol. The van der Waals surface area contributed by atoms with Crippen LogP contribution in [0.15, 0.2) is 36.5 Å². The second-order valence-corrected chi connectivity index (χ2v) is 4.83. The third kappa shape index (κ3) is 2.04. The van der Waals surface area contributed by atoms with Crippen molar-refractivity contribution < 1.29 is 0 Å². The predicted octanol–water partition coefficient (Wildman–Crippen LogP) is 3.26. The number of hydrogen-bond acceptors (Lipinski definition) is 4. The summed E-state index contributed by atoms with van der Waals surface area (Å²) in [7, 11) is 0. The van der Waals surface area contributed by atoms with Crippen LogP contribution in [0.4, 0.5) is 0 Å². The minimum atomic E-state index is 0.453. The first-order valence-corrected chi connectivity index (χ1v) is 6.22. The Balaban J connectivity index is 2.01. The molecule has 3 aromatic rings. The monoisotopic (exact) mass is 260 g/mol. The van der Waals surface area contributed by atoms with Crippen LogP contribution in [0.1, 0.15) is 0 Å². The van der Waals surface area contributed by atoms with E-state index in [0.717, 1.165) is 21.3 Å².